The lowest BCUT2D eigenvalue weighted by atomic mass is 10.1. The van der Waals surface area contributed by atoms with E-state index in [2.05, 4.69) is 10.4 Å². The zero-order valence-electron chi connectivity index (χ0n) is 11.9. The number of methoxy groups -OCH3 is 1. The molecule has 0 amide bonds. The topological polar surface area (TPSA) is 39.1 Å². The van der Waals surface area contributed by atoms with Crippen LogP contribution in [0.3, 0.4) is 0 Å². The second-order valence-corrected chi connectivity index (χ2v) is 4.79. The number of benzene rings is 1. The van der Waals surface area contributed by atoms with E-state index in [0.29, 0.717) is 19.7 Å². The molecule has 0 unspecified atom stereocenters. The number of rotatable bonds is 8. The molecule has 0 atom stereocenters. The third-order valence-electron chi connectivity index (χ3n) is 3.06. The molecule has 0 fully saturated rings. The first kappa shape index (κ1) is 15.6. The lowest BCUT2D eigenvalue weighted by Gasteiger charge is -2.16. The predicted octanol–water partition coefficient (Wildman–Crippen LogP) is 2.41. The molecule has 1 N–H and O–H groups in total. The molecule has 4 nitrogen and oxygen atoms in total. The van der Waals surface area contributed by atoms with Gasteiger partial charge in [0.2, 0.25) is 0 Å². The van der Waals surface area contributed by atoms with Gasteiger partial charge >= 0.3 is 0 Å². The number of hydrogen-bond acceptors (Lipinski definition) is 3. The van der Waals surface area contributed by atoms with Gasteiger partial charge in [-0.25, -0.2) is 0 Å². The second kappa shape index (κ2) is 7.28. The monoisotopic (exact) mass is 295 g/mol. The predicted molar refractivity (Wildman–Crippen MR) is 76.1 cm³/mol. The summed E-state index contributed by atoms with van der Waals surface area (Å²) in [5.41, 5.74) is 0.871. The summed E-state index contributed by atoms with van der Waals surface area (Å²) in [6, 6.07) is 7.79. The van der Waals surface area contributed by atoms with Crippen LogP contribution in [-0.2, 0) is 23.7 Å². The van der Waals surface area contributed by atoms with E-state index in [1.807, 2.05) is 0 Å². The van der Waals surface area contributed by atoms with Crippen molar-refractivity contribution in [2.75, 3.05) is 20.3 Å². The third-order valence-corrected chi connectivity index (χ3v) is 3.06. The van der Waals surface area contributed by atoms with E-state index in [1.54, 1.807) is 37.7 Å². The van der Waals surface area contributed by atoms with Gasteiger partial charge < -0.3 is 10.1 Å². The van der Waals surface area contributed by atoms with Crippen LogP contribution in [0.4, 0.5) is 8.78 Å². The summed E-state index contributed by atoms with van der Waals surface area (Å²) in [6.45, 7) is 1.44. The number of halogens is 2. The molecule has 0 saturated carbocycles. The Labute approximate surface area is 122 Å². The van der Waals surface area contributed by atoms with Gasteiger partial charge in [-0.05, 0) is 0 Å². The highest BCUT2D eigenvalue weighted by Crippen LogP contribution is 2.29. The van der Waals surface area contributed by atoms with Gasteiger partial charge in [-0.2, -0.15) is 13.9 Å². The highest BCUT2D eigenvalue weighted by atomic mass is 19.3. The second-order valence-electron chi connectivity index (χ2n) is 4.79. The fourth-order valence-electron chi connectivity index (χ4n) is 1.97. The Morgan fingerprint density at radius 3 is 2.76 bits per heavy atom. The van der Waals surface area contributed by atoms with E-state index in [9.17, 15) is 8.78 Å². The van der Waals surface area contributed by atoms with E-state index in [0.717, 1.165) is 5.56 Å². The van der Waals surface area contributed by atoms with Gasteiger partial charge in [0, 0.05) is 37.5 Å². The van der Waals surface area contributed by atoms with Crippen LogP contribution < -0.4 is 5.32 Å². The van der Waals surface area contributed by atoms with Crippen molar-refractivity contribution in [3.8, 4) is 0 Å². The van der Waals surface area contributed by atoms with Crippen molar-refractivity contribution in [1.29, 1.82) is 0 Å². The minimum Gasteiger partial charge on any atom is -0.383 e. The Hall–Kier alpha value is -1.79. The van der Waals surface area contributed by atoms with Crippen molar-refractivity contribution in [1.82, 2.24) is 15.1 Å². The Balaban J connectivity index is 1.92. The molecule has 6 heteroatoms. The number of nitrogens with zero attached hydrogens (tertiary/aromatic N) is 2. The minimum atomic E-state index is -2.94. The Morgan fingerprint density at radius 2 is 2.05 bits per heavy atom. The summed E-state index contributed by atoms with van der Waals surface area (Å²) in [7, 11) is 1.63. The van der Waals surface area contributed by atoms with E-state index < -0.39 is 12.5 Å². The van der Waals surface area contributed by atoms with Crippen molar-refractivity contribution in [2.45, 2.75) is 19.0 Å². The van der Waals surface area contributed by atoms with Gasteiger partial charge in [0.25, 0.3) is 5.92 Å². The fraction of sp³-hybridized carbons (Fsp3) is 0.400. The van der Waals surface area contributed by atoms with Crippen molar-refractivity contribution in [3.63, 3.8) is 0 Å². The van der Waals surface area contributed by atoms with Crippen molar-refractivity contribution >= 4 is 0 Å². The number of hydrogen-bond donors (Lipinski definition) is 1. The molecule has 0 saturated heterocycles. The summed E-state index contributed by atoms with van der Waals surface area (Å²) in [4.78, 5) is 0. The lowest BCUT2D eigenvalue weighted by Crippen LogP contribution is -2.21. The molecule has 1 heterocycles. The molecule has 2 rings (SSSR count). The van der Waals surface area contributed by atoms with Crippen LogP contribution in [0.15, 0.2) is 42.7 Å². The summed E-state index contributed by atoms with van der Waals surface area (Å²) >= 11 is 0. The van der Waals surface area contributed by atoms with Gasteiger partial charge in [0.1, 0.15) is 6.54 Å². The number of aromatic nitrogens is 2. The maximum absolute atomic E-state index is 14.1. The van der Waals surface area contributed by atoms with E-state index >= 15 is 0 Å². The highest BCUT2D eigenvalue weighted by molar-refractivity contribution is 5.20. The number of ether oxygens (including phenoxy) is 1. The van der Waals surface area contributed by atoms with Gasteiger partial charge in [-0.15, -0.1) is 0 Å². The molecular weight excluding hydrogens is 276 g/mol. The smallest absolute Gasteiger partial charge is 0.292 e. The van der Waals surface area contributed by atoms with Crippen molar-refractivity contribution in [2.24, 2.45) is 0 Å². The first-order valence-corrected chi connectivity index (χ1v) is 6.76. The van der Waals surface area contributed by atoms with E-state index in [1.165, 1.54) is 16.8 Å². The molecule has 0 aliphatic heterocycles. The van der Waals surface area contributed by atoms with Crippen molar-refractivity contribution in [3.05, 3.63) is 53.9 Å². The zero-order chi connectivity index (χ0) is 15.1. The molecule has 0 aliphatic rings. The molecule has 21 heavy (non-hydrogen) atoms. The summed E-state index contributed by atoms with van der Waals surface area (Å²) in [5, 5.41) is 7.14. The standard InChI is InChI=1S/C15H19F2N3O/c1-21-8-7-18-9-13-10-19-20(11-13)12-15(16,17)14-5-3-2-4-6-14/h2-6,10-11,18H,7-9,12H2,1H3. The zero-order valence-corrected chi connectivity index (χ0v) is 11.9. The molecule has 0 spiro atoms. The molecule has 1 aromatic carbocycles. The first-order valence-electron chi connectivity index (χ1n) is 6.76. The fourth-order valence-corrected chi connectivity index (χ4v) is 1.97. The Morgan fingerprint density at radius 1 is 1.29 bits per heavy atom. The van der Waals surface area contributed by atoms with Gasteiger partial charge in [-0.1, -0.05) is 30.3 Å². The number of alkyl halides is 2. The van der Waals surface area contributed by atoms with Crippen LogP contribution >= 0.6 is 0 Å². The molecule has 1 aromatic heterocycles. The normalized spacial score (nSPS) is 11.8. The first-order chi connectivity index (χ1) is 10.1. The van der Waals surface area contributed by atoms with Gasteiger partial charge in [0.15, 0.2) is 0 Å². The average molecular weight is 295 g/mol. The largest absolute Gasteiger partial charge is 0.383 e. The summed E-state index contributed by atoms with van der Waals surface area (Å²) in [6.07, 6.45) is 3.23. The molecular formula is C15H19F2N3O. The minimum absolute atomic E-state index is 0.000250. The van der Waals surface area contributed by atoms with Crippen molar-refractivity contribution < 1.29 is 13.5 Å². The summed E-state index contributed by atoms with van der Waals surface area (Å²) in [5.74, 6) is -2.94. The molecule has 114 valence electrons. The molecule has 2 aromatic rings. The SMILES string of the molecule is COCCNCc1cnn(CC(F)(F)c2ccccc2)c1. The lowest BCUT2D eigenvalue weighted by molar-refractivity contribution is -0.0254. The van der Waals surface area contributed by atoms with E-state index in [4.69, 9.17) is 4.74 Å². The molecule has 0 bridgehead atoms. The van der Waals surface area contributed by atoms with Crippen LogP contribution in [0.1, 0.15) is 11.1 Å². The average Bonchev–Trinajstić information content (AvgIpc) is 2.91. The number of nitrogens with one attached hydrogen (secondary N) is 1. The Bertz CT molecular complexity index is 543. The Kier molecular flexibility index (Phi) is 5.41. The van der Waals surface area contributed by atoms with E-state index in [-0.39, 0.29) is 5.56 Å². The van der Waals surface area contributed by atoms with Crippen LogP contribution in [0.2, 0.25) is 0 Å². The maximum Gasteiger partial charge on any atom is 0.292 e. The molecule has 0 radical (unpaired) electrons. The van der Waals surface area contributed by atoms with Crippen LogP contribution in [0.25, 0.3) is 0 Å². The quantitative estimate of drug-likeness (QED) is 0.760. The van der Waals surface area contributed by atoms with Gasteiger partial charge in [-0.3, -0.25) is 4.68 Å². The van der Waals surface area contributed by atoms with Crippen LogP contribution in [-0.4, -0.2) is 30.0 Å². The molecule has 0 aliphatic carbocycles. The maximum atomic E-state index is 14.1. The van der Waals surface area contributed by atoms with Crippen LogP contribution in [0, 0.1) is 0 Å². The third kappa shape index (κ3) is 4.61. The van der Waals surface area contributed by atoms with Crippen LogP contribution in [0.5, 0.6) is 0 Å². The summed E-state index contributed by atoms with van der Waals surface area (Å²) < 4.78 is 34.4. The highest BCUT2D eigenvalue weighted by Gasteiger charge is 2.32. The van der Waals surface area contributed by atoms with Gasteiger partial charge in [0.05, 0.1) is 12.8 Å².